The summed E-state index contributed by atoms with van der Waals surface area (Å²) in [6.45, 7) is 4.04. The number of aromatic nitrogens is 4. The summed E-state index contributed by atoms with van der Waals surface area (Å²) in [5.74, 6) is 0.777. The molecule has 0 unspecified atom stereocenters. The molecule has 9 nitrogen and oxygen atoms in total. The zero-order valence-corrected chi connectivity index (χ0v) is 12.7. The van der Waals surface area contributed by atoms with Crippen LogP contribution >= 0.6 is 11.3 Å². The maximum atomic E-state index is 11.8. The first-order chi connectivity index (χ1) is 10.1. The van der Waals surface area contributed by atoms with Crippen LogP contribution in [-0.4, -0.2) is 39.9 Å². The maximum Gasteiger partial charge on any atom is 0.243 e. The van der Waals surface area contributed by atoms with Crippen LogP contribution in [0.3, 0.4) is 0 Å². The van der Waals surface area contributed by atoms with Crippen molar-refractivity contribution in [1.82, 2.24) is 25.7 Å². The molecule has 0 aliphatic carbocycles. The molecule has 0 aromatic carbocycles. The number of hydrogen-bond donors (Lipinski definition) is 2. The molecule has 2 rings (SSSR count). The molecular formula is C11H16N6O3S. The van der Waals surface area contributed by atoms with E-state index in [9.17, 15) is 4.79 Å². The summed E-state index contributed by atoms with van der Waals surface area (Å²) >= 11 is 1.27. The number of hydrogen-bond acceptors (Lipinski definition) is 9. The maximum absolute atomic E-state index is 11.8. The van der Waals surface area contributed by atoms with Crippen LogP contribution in [0.1, 0.15) is 29.7 Å². The third-order valence-electron chi connectivity index (χ3n) is 2.46. The lowest BCUT2D eigenvalue weighted by Crippen LogP contribution is -2.30. The average molecular weight is 312 g/mol. The molecule has 0 aliphatic heterocycles. The van der Waals surface area contributed by atoms with E-state index in [1.165, 1.54) is 11.3 Å². The zero-order chi connectivity index (χ0) is 15.2. The highest BCUT2D eigenvalue weighted by atomic mass is 32.1. The lowest BCUT2D eigenvalue weighted by Gasteiger charge is -2.08. The first-order valence-electron chi connectivity index (χ1n) is 6.23. The van der Waals surface area contributed by atoms with E-state index >= 15 is 0 Å². The highest BCUT2D eigenvalue weighted by molar-refractivity contribution is 7.15. The summed E-state index contributed by atoms with van der Waals surface area (Å²) in [5.41, 5.74) is 0. The van der Waals surface area contributed by atoms with Crippen LogP contribution in [0.2, 0.25) is 0 Å². The van der Waals surface area contributed by atoms with Gasteiger partial charge in [0.15, 0.2) is 5.82 Å². The van der Waals surface area contributed by atoms with E-state index in [0.717, 1.165) is 0 Å². The molecule has 0 saturated heterocycles. The molecule has 2 aromatic heterocycles. The number of anilines is 1. The molecular weight excluding hydrogens is 296 g/mol. The van der Waals surface area contributed by atoms with Crippen molar-refractivity contribution < 1.29 is 14.1 Å². The Morgan fingerprint density at radius 1 is 1.48 bits per heavy atom. The second-order valence-electron chi connectivity index (χ2n) is 4.26. The molecule has 0 saturated carbocycles. The van der Waals surface area contributed by atoms with E-state index in [1.807, 2.05) is 6.92 Å². The van der Waals surface area contributed by atoms with Gasteiger partial charge in [-0.1, -0.05) is 16.5 Å². The normalized spacial score (nSPS) is 12.3. The summed E-state index contributed by atoms with van der Waals surface area (Å²) in [4.78, 5) is 15.9. The Kier molecular flexibility index (Phi) is 5.31. The summed E-state index contributed by atoms with van der Waals surface area (Å²) in [6, 6.07) is -0.213. The Balaban J connectivity index is 1.78. The number of ether oxygens (including phenoxy) is 1. The number of amides is 1. The van der Waals surface area contributed by atoms with Crippen molar-refractivity contribution >= 4 is 22.4 Å². The lowest BCUT2D eigenvalue weighted by molar-refractivity contribution is -0.115. The highest BCUT2D eigenvalue weighted by Gasteiger charge is 2.14. The van der Waals surface area contributed by atoms with Gasteiger partial charge in [-0.3, -0.25) is 15.4 Å². The first-order valence-corrected chi connectivity index (χ1v) is 7.05. The molecule has 0 bridgehead atoms. The Bertz CT molecular complexity index is 598. The Hall–Kier alpha value is -1.91. The van der Waals surface area contributed by atoms with Gasteiger partial charge in [-0.2, -0.15) is 4.98 Å². The first kappa shape index (κ1) is 15.5. The predicted molar refractivity (Wildman–Crippen MR) is 74.7 cm³/mol. The SMILES string of the molecule is COCc1nnc(NC(=O)CN[C@@H](C)c2nc(C)no2)s1. The molecule has 10 heteroatoms. The van der Waals surface area contributed by atoms with Gasteiger partial charge in [-0.05, 0) is 13.8 Å². The van der Waals surface area contributed by atoms with Crippen molar-refractivity contribution in [2.45, 2.75) is 26.5 Å². The summed E-state index contributed by atoms with van der Waals surface area (Å²) in [6.07, 6.45) is 0. The van der Waals surface area contributed by atoms with Crippen molar-refractivity contribution in [3.05, 3.63) is 16.7 Å². The summed E-state index contributed by atoms with van der Waals surface area (Å²) in [7, 11) is 1.57. The van der Waals surface area contributed by atoms with Gasteiger partial charge in [0.25, 0.3) is 0 Å². The molecule has 0 aliphatic rings. The number of nitrogens with zero attached hydrogens (tertiary/aromatic N) is 4. The second kappa shape index (κ2) is 7.20. The van der Waals surface area contributed by atoms with E-state index < -0.39 is 0 Å². The fourth-order valence-corrected chi connectivity index (χ4v) is 2.20. The van der Waals surface area contributed by atoms with Gasteiger partial charge in [0.1, 0.15) is 11.6 Å². The number of nitrogens with one attached hydrogen (secondary N) is 2. The molecule has 2 N–H and O–H groups in total. The molecule has 2 aromatic rings. The van der Waals surface area contributed by atoms with E-state index in [1.54, 1.807) is 14.0 Å². The quantitative estimate of drug-likeness (QED) is 0.766. The van der Waals surface area contributed by atoms with E-state index in [-0.39, 0.29) is 18.5 Å². The molecule has 21 heavy (non-hydrogen) atoms. The van der Waals surface area contributed by atoms with Crippen molar-refractivity contribution in [3.63, 3.8) is 0 Å². The van der Waals surface area contributed by atoms with Crippen LogP contribution in [0.5, 0.6) is 0 Å². The molecule has 0 fully saturated rings. The van der Waals surface area contributed by atoms with Gasteiger partial charge < -0.3 is 9.26 Å². The van der Waals surface area contributed by atoms with Gasteiger partial charge in [-0.25, -0.2) is 0 Å². The fraction of sp³-hybridized carbons (Fsp3) is 0.545. The predicted octanol–water partition coefficient (Wildman–Crippen LogP) is 0.665. The van der Waals surface area contributed by atoms with Crippen molar-refractivity contribution in [3.8, 4) is 0 Å². The topological polar surface area (TPSA) is 115 Å². The minimum Gasteiger partial charge on any atom is -0.377 e. The standard InChI is InChI=1S/C11H16N6O3S/c1-6(10-13-7(2)17-20-10)12-4-8(18)14-11-16-15-9(21-11)5-19-3/h6,12H,4-5H2,1-3H3,(H,14,16,18)/t6-/m0/s1. The second-order valence-corrected chi connectivity index (χ2v) is 5.33. The Morgan fingerprint density at radius 3 is 2.95 bits per heavy atom. The van der Waals surface area contributed by atoms with Crippen LogP contribution in [-0.2, 0) is 16.1 Å². The van der Waals surface area contributed by atoms with Crippen molar-refractivity contribution in [1.29, 1.82) is 0 Å². The lowest BCUT2D eigenvalue weighted by atomic mass is 10.3. The van der Waals surface area contributed by atoms with Gasteiger partial charge in [0.05, 0.1) is 12.6 Å². The monoisotopic (exact) mass is 312 g/mol. The Morgan fingerprint density at radius 2 is 2.29 bits per heavy atom. The third kappa shape index (κ3) is 4.55. The molecule has 114 valence electrons. The van der Waals surface area contributed by atoms with Crippen LogP contribution in [0, 0.1) is 6.92 Å². The minimum atomic E-state index is -0.224. The van der Waals surface area contributed by atoms with Crippen LogP contribution in [0.15, 0.2) is 4.52 Å². The van der Waals surface area contributed by atoms with Gasteiger partial charge in [-0.15, -0.1) is 10.2 Å². The number of methoxy groups -OCH3 is 1. The largest absolute Gasteiger partial charge is 0.377 e. The molecule has 1 atom stereocenters. The molecule has 0 radical (unpaired) electrons. The average Bonchev–Trinajstić information content (AvgIpc) is 3.06. The molecule has 2 heterocycles. The van der Waals surface area contributed by atoms with Gasteiger partial charge >= 0.3 is 0 Å². The summed E-state index contributed by atoms with van der Waals surface area (Å²) < 4.78 is 9.95. The zero-order valence-electron chi connectivity index (χ0n) is 11.9. The molecule has 1 amide bonds. The fourth-order valence-electron chi connectivity index (χ4n) is 1.47. The van der Waals surface area contributed by atoms with Crippen LogP contribution < -0.4 is 10.6 Å². The minimum absolute atomic E-state index is 0.0990. The van der Waals surface area contributed by atoms with E-state index in [4.69, 9.17) is 9.26 Å². The van der Waals surface area contributed by atoms with Gasteiger partial charge in [0, 0.05) is 7.11 Å². The number of carbonyl (C=O) groups excluding carboxylic acids is 1. The number of rotatable bonds is 7. The molecule has 0 spiro atoms. The van der Waals surface area contributed by atoms with Gasteiger partial charge in [0.2, 0.25) is 16.9 Å². The van der Waals surface area contributed by atoms with Crippen LogP contribution in [0.25, 0.3) is 0 Å². The van der Waals surface area contributed by atoms with E-state index in [2.05, 4.69) is 31.0 Å². The van der Waals surface area contributed by atoms with Crippen LogP contribution in [0.4, 0.5) is 5.13 Å². The smallest absolute Gasteiger partial charge is 0.243 e. The number of aryl methyl sites for hydroxylation is 1. The Labute approximate surface area is 125 Å². The van der Waals surface area contributed by atoms with Crippen molar-refractivity contribution in [2.75, 3.05) is 19.0 Å². The third-order valence-corrected chi connectivity index (χ3v) is 3.28. The van der Waals surface area contributed by atoms with E-state index in [0.29, 0.717) is 28.5 Å². The highest BCUT2D eigenvalue weighted by Crippen LogP contribution is 2.15. The number of carbonyl (C=O) groups is 1. The van der Waals surface area contributed by atoms with Crippen molar-refractivity contribution in [2.24, 2.45) is 0 Å². The summed E-state index contributed by atoms with van der Waals surface area (Å²) in [5, 5.41) is 18.2.